The van der Waals surface area contributed by atoms with Gasteiger partial charge >= 0.3 is 0 Å². The molecule has 0 saturated carbocycles. The van der Waals surface area contributed by atoms with Crippen LogP contribution in [0, 0.1) is 5.82 Å². The first-order valence-electron chi connectivity index (χ1n) is 11.5. The van der Waals surface area contributed by atoms with Crippen LogP contribution < -0.4 is 14.8 Å². The Kier molecular flexibility index (Phi) is 6.48. The van der Waals surface area contributed by atoms with Crippen LogP contribution in [0.2, 0.25) is 0 Å². The van der Waals surface area contributed by atoms with Gasteiger partial charge in [-0.2, -0.15) is 0 Å². The number of halogens is 1. The summed E-state index contributed by atoms with van der Waals surface area (Å²) < 4.78 is 26.7. The molecular formula is C26H24FN5O4. The SMILES string of the molecule is CC[C@@H](C(=O)Nc1ccc2c(c1)OCO2)N(Cc1ccccc1F)C(=O)Cn1nnc2ccccc21. The Hall–Kier alpha value is -4.47. The molecule has 1 aliphatic heterocycles. The molecule has 1 atom stereocenters. The Morgan fingerprint density at radius 3 is 2.69 bits per heavy atom. The number of ether oxygens (including phenoxy) is 2. The van der Waals surface area contributed by atoms with Crippen molar-refractivity contribution in [3.63, 3.8) is 0 Å². The lowest BCUT2D eigenvalue weighted by molar-refractivity contribution is -0.140. The van der Waals surface area contributed by atoms with Gasteiger partial charge < -0.3 is 19.7 Å². The van der Waals surface area contributed by atoms with Gasteiger partial charge in [-0.05, 0) is 36.8 Å². The first-order valence-corrected chi connectivity index (χ1v) is 11.5. The second-order valence-corrected chi connectivity index (χ2v) is 8.33. The molecule has 0 radical (unpaired) electrons. The molecule has 0 fully saturated rings. The number of benzene rings is 3. The van der Waals surface area contributed by atoms with Gasteiger partial charge in [0, 0.05) is 23.9 Å². The summed E-state index contributed by atoms with van der Waals surface area (Å²) in [5, 5.41) is 11.0. The number of anilines is 1. The van der Waals surface area contributed by atoms with Crippen molar-refractivity contribution in [2.75, 3.05) is 12.1 Å². The minimum atomic E-state index is -0.864. The normalized spacial score (nSPS) is 12.9. The van der Waals surface area contributed by atoms with Crippen LogP contribution in [0.25, 0.3) is 11.0 Å². The van der Waals surface area contributed by atoms with Gasteiger partial charge in [0.25, 0.3) is 0 Å². The van der Waals surface area contributed by atoms with Gasteiger partial charge in [-0.1, -0.05) is 42.5 Å². The van der Waals surface area contributed by atoms with Crippen molar-refractivity contribution < 1.29 is 23.5 Å². The van der Waals surface area contributed by atoms with E-state index in [1.807, 2.05) is 18.2 Å². The summed E-state index contributed by atoms with van der Waals surface area (Å²) in [6.07, 6.45) is 0.314. The monoisotopic (exact) mass is 489 g/mol. The Morgan fingerprint density at radius 2 is 1.86 bits per heavy atom. The van der Waals surface area contributed by atoms with Crippen LogP contribution in [0.5, 0.6) is 11.5 Å². The largest absolute Gasteiger partial charge is 0.454 e. The van der Waals surface area contributed by atoms with Crippen molar-refractivity contribution in [2.45, 2.75) is 32.5 Å². The van der Waals surface area contributed by atoms with E-state index in [4.69, 9.17) is 9.47 Å². The van der Waals surface area contributed by atoms with E-state index in [9.17, 15) is 14.0 Å². The van der Waals surface area contributed by atoms with Gasteiger partial charge in [0.1, 0.15) is 23.9 Å². The summed E-state index contributed by atoms with van der Waals surface area (Å²) in [5.41, 5.74) is 2.15. The fourth-order valence-electron chi connectivity index (χ4n) is 4.18. The Bertz CT molecular complexity index is 1420. The number of aromatic nitrogens is 3. The average Bonchev–Trinajstić information content (AvgIpc) is 3.52. The lowest BCUT2D eigenvalue weighted by Crippen LogP contribution is -2.48. The molecule has 9 nitrogen and oxygen atoms in total. The molecule has 2 amide bonds. The fourth-order valence-corrected chi connectivity index (χ4v) is 4.18. The molecule has 1 aliphatic rings. The number of nitrogens with one attached hydrogen (secondary N) is 1. The third kappa shape index (κ3) is 4.70. The van der Waals surface area contributed by atoms with Crippen LogP contribution in [-0.4, -0.2) is 44.5 Å². The zero-order valence-corrected chi connectivity index (χ0v) is 19.6. The smallest absolute Gasteiger partial charge is 0.247 e. The highest BCUT2D eigenvalue weighted by molar-refractivity contribution is 5.97. The van der Waals surface area contributed by atoms with Crippen molar-refractivity contribution in [3.8, 4) is 11.5 Å². The lowest BCUT2D eigenvalue weighted by atomic mass is 10.1. The molecule has 10 heteroatoms. The van der Waals surface area contributed by atoms with E-state index >= 15 is 0 Å². The highest BCUT2D eigenvalue weighted by atomic mass is 19.1. The Morgan fingerprint density at radius 1 is 1.08 bits per heavy atom. The van der Waals surface area contributed by atoms with Crippen molar-refractivity contribution in [2.24, 2.45) is 0 Å². The molecule has 0 spiro atoms. The van der Waals surface area contributed by atoms with Gasteiger partial charge in [0.15, 0.2) is 11.5 Å². The van der Waals surface area contributed by atoms with Gasteiger partial charge in [-0.25, -0.2) is 9.07 Å². The van der Waals surface area contributed by atoms with Gasteiger partial charge in [0.2, 0.25) is 18.6 Å². The van der Waals surface area contributed by atoms with Crippen LogP contribution >= 0.6 is 0 Å². The first kappa shape index (κ1) is 23.3. The standard InChI is InChI=1S/C26H24FN5O4/c1-2-21(26(34)28-18-11-12-23-24(13-18)36-16-35-23)31(14-17-7-3-4-8-19(17)27)25(33)15-32-22-10-6-5-9-20(22)29-30-32/h3-13,21H,2,14-16H2,1H3,(H,28,34)/t21-/m0/s1. The van der Waals surface area contributed by atoms with E-state index in [-0.39, 0.29) is 25.8 Å². The molecule has 0 unspecified atom stereocenters. The first-order chi connectivity index (χ1) is 17.5. The quantitative estimate of drug-likeness (QED) is 0.405. The summed E-state index contributed by atoms with van der Waals surface area (Å²) >= 11 is 0. The number of rotatable bonds is 8. The summed E-state index contributed by atoms with van der Waals surface area (Å²) in [5.74, 6) is -0.117. The number of carbonyl (C=O) groups is 2. The molecule has 1 aromatic heterocycles. The maximum atomic E-state index is 14.5. The second kappa shape index (κ2) is 10.0. The van der Waals surface area contributed by atoms with E-state index in [0.717, 1.165) is 0 Å². The number of fused-ring (bicyclic) bond motifs is 2. The number of hydrogen-bond acceptors (Lipinski definition) is 6. The Balaban J connectivity index is 1.42. The molecule has 36 heavy (non-hydrogen) atoms. The highest BCUT2D eigenvalue weighted by Gasteiger charge is 2.30. The van der Waals surface area contributed by atoms with E-state index in [2.05, 4.69) is 15.6 Å². The van der Waals surface area contributed by atoms with E-state index < -0.39 is 17.8 Å². The Labute approximate surface area is 206 Å². The van der Waals surface area contributed by atoms with Crippen molar-refractivity contribution in [1.82, 2.24) is 19.9 Å². The molecule has 3 aromatic carbocycles. The maximum Gasteiger partial charge on any atom is 0.247 e. The minimum absolute atomic E-state index is 0.0782. The number of carbonyl (C=O) groups excluding carboxylic acids is 2. The molecule has 1 N–H and O–H groups in total. The van der Waals surface area contributed by atoms with Gasteiger partial charge in [0.05, 0.1) is 5.52 Å². The number of para-hydroxylation sites is 1. The predicted molar refractivity (Wildman–Crippen MR) is 130 cm³/mol. The van der Waals surface area contributed by atoms with Crippen LogP contribution in [0.1, 0.15) is 18.9 Å². The summed E-state index contributed by atoms with van der Waals surface area (Å²) in [6, 6.07) is 17.7. The fraction of sp³-hybridized carbons (Fsp3) is 0.231. The molecular weight excluding hydrogens is 465 g/mol. The van der Waals surface area contributed by atoms with Crippen LogP contribution in [-0.2, 0) is 22.7 Å². The average molecular weight is 490 g/mol. The van der Waals surface area contributed by atoms with Crippen LogP contribution in [0.15, 0.2) is 66.7 Å². The van der Waals surface area contributed by atoms with Crippen molar-refractivity contribution in [3.05, 3.63) is 78.1 Å². The third-order valence-corrected chi connectivity index (χ3v) is 6.03. The number of hydrogen-bond donors (Lipinski definition) is 1. The van der Waals surface area contributed by atoms with Gasteiger partial charge in [-0.15, -0.1) is 5.10 Å². The molecule has 184 valence electrons. The molecule has 0 bridgehead atoms. The van der Waals surface area contributed by atoms with E-state index in [0.29, 0.717) is 40.2 Å². The summed E-state index contributed by atoms with van der Waals surface area (Å²) in [4.78, 5) is 28.3. The second-order valence-electron chi connectivity index (χ2n) is 8.33. The molecule has 5 rings (SSSR count). The zero-order valence-electron chi connectivity index (χ0n) is 19.6. The minimum Gasteiger partial charge on any atom is -0.454 e. The summed E-state index contributed by atoms with van der Waals surface area (Å²) in [7, 11) is 0. The summed E-state index contributed by atoms with van der Waals surface area (Å²) in [6.45, 7) is 1.69. The van der Waals surface area contributed by atoms with Crippen molar-refractivity contribution in [1.29, 1.82) is 0 Å². The topological polar surface area (TPSA) is 98.6 Å². The lowest BCUT2D eigenvalue weighted by Gasteiger charge is -2.30. The van der Waals surface area contributed by atoms with E-state index in [1.165, 1.54) is 15.6 Å². The van der Waals surface area contributed by atoms with Crippen LogP contribution in [0.3, 0.4) is 0 Å². The molecule has 2 heterocycles. The maximum absolute atomic E-state index is 14.5. The molecule has 4 aromatic rings. The van der Waals surface area contributed by atoms with E-state index in [1.54, 1.807) is 49.4 Å². The number of amides is 2. The third-order valence-electron chi connectivity index (χ3n) is 6.03. The zero-order chi connectivity index (χ0) is 25.1. The van der Waals surface area contributed by atoms with Crippen LogP contribution in [0.4, 0.5) is 10.1 Å². The highest BCUT2D eigenvalue weighted by Crippen LogP contribution is 2.34. The number of nitrogens with zero attached hydrogens (tertiary/aromatic N) is 4. The predicted octanol–water partition coefficient (Wildman–Crippen LogP) is 3.75. The molecule has 0 aliphatic carbocycles. The molecule has 0 saturated heterocycles. The van der Waals surface area contributed by atoms with Gasteiger partial charge in [-0.3, -0.25) is 9.59 Å². The van der Waals surface area contributed by atoms with Crippen molar-refractivity contribution >= 4 is 28.5 Å².